The average molecular weight is 318 g/mol. The summed E-state index contributed by atoms with van der Waals surface area (Å²) < 4.78 is 10.0. The molecule has 6 heteroatoms. The van der Waals surface area contributed by atoms with E-state index >= 15 is 0 Å². The first-order valence-corrected chi connectivity index (χ1v) is 8.34. The molecular weight excluding hydrogens is 296 g/mol. The van der Waals surface area contributed by atoms with Crippen molar-refractivity contribution in [2.75, 3.05) is 7.11 Å². The molecule has 0 aromatic carbocycles. The molecule has 3 fully saturated rings. The molecule has 0 radical (unpaired) electrons. The first-order chi connectivity index (χ1) is 11.1. The topological polar surface area (TPSA) is 81.4 Å². The van der Waals surface area contributed by atoms with Crippen LogP contribution in [0.25, 0.3) is 0 Å². The fourth-order valence-electron chi connectivity index (χ4n) is 5.26. The van der Waals surface area contributed by atoms with Gasteiger partial charge in [0.25, 0.3) is 0 Å². The number of nitrogens with zero attached hydrogens (tertiary/aromatic N) is 1. The molecule has 4 rings (SSSR count). The van der Waals surface area contributed by atoms with Crippen molar-refractivity contribution in [3.8, 4) is 0 Å². The van der Waals surface area contributed by atoms with Crippen LogP contribution in [0, 0.1) is 36.0 Å². The summed E-state index contributed by atoms with van der Waals surface area (Å²) in [6.45, 7) is 2.16. The summed E-state index contributed by atoms with van der Waals surface area (Å²) in [7, 11) is 1.42. The predicted molar refractivity (Wildman–Crippen MR) is 80.0 cm³/mol. The second kappa shape index (κ2) is 5.08. The number of ether oxygens (including phenoxy) is 1. The molecule has 3 aliphatic carbocycles. The van der Waals surface area contributed by atoms with Crippen molar-refractivity contribution < 1.29 is 18.8 Å². The van der Waals surface area contributed by atoms with Crippen molar-refractivity contribution in [1.29, 1.82) is 0 Å². The van der Waals surface area contributed by atoms with E-state index in [4.69, 9.17) is 9.26 Å². The highest BCUT2D eigenvalue weighted by Crippen LogP contribution is 2.74. The number of hydrogen-bond donors (Lipinski definition) is 1. The number of amides is 1. The maximum absolute atomic E-state index is 12.8. The lowest BCUT2D eigenvalue weighted by Gasteiger charge is -2.27. The summed E-state index contributed by atoms with van der Waals surface area (Å²) in [5, 5.41) is 6.84. The molecule has 1 spiro atoms. The maximum Gasteiger partial charge on any atom is 0.309 e. The van der Waals surface area contributed by atoms with Gasteiger partial charge in [0.2, 0.25) is 5.91 Å². The van der Waals surface area contributed by atoms with Gasteiger partial charge in [-0.15, -0.1) is 0 Å². The zero-order chi connectivity index (χ0) is 16.2. The number of nitrogens with one attached hydrogen (secondary N) is 1. The first-order valence-electron chi connectivity index (χ1n) is 8.34. The standard InChI is InChI=1S/C17H22N2O4/c1-9-7-10(19-23-9)8-18-15(20)13-11-3-4-12(17(11)5-6-17)14(13)16(21)22-2/h7,11-14H,3-6,8H2,1-2H3,(H,18,20)/t11-,12+,13+,14+/m0/s1. The summed E-state index contributed by atoms with van der Waals surface area (Å²) in [6, 6.07) is 1.81. The number of hydrogen-bond acceptors (Lipinski definition) is 5. The number of esters is 1. The van der Waals surface area contributed by atoms with Crippen LogP contribution in [0.3, 0.4) is 0 Å². The third-order valence-corrected chi connectivity index (χ3v) is 6.24. The van der Waals surface area contributed by atoms with E-state index in [2.05, 4.69) is 10.5 Å². The molecule has 1 amide bonds. The van der Waals surface area contributed by atoms with Crippen molar-refractivity contribution in [2.24, 2.45) is 29.1 Å². The fourth-order valence-corrected chi connectivity index (χ4v) is 5.26. The van der Waals surface area contributed by atoms with E-state index in [1.165, 1.54) is 7.11 Å². The number of aromatic nitrogens is 1. The van der Waals surface area contributed by atoms with Gasteiger partial charge in [-0.2, -0.15) is 0 Å². The minimum atomic E-state index is -0.278. The molecule has 1 aromatic rings. The summed E-state index contributed by atoms with van der Waals surface area (Å²) in [6.07, 6.45) is 4.42. The Bertz CT molecular complexity index is 649. The Kier molecular flexibility index (Phi) is 3.25. The predicted octanol–water partition coefficient (Wildman–Crippen LogP) is 1.82. The normalized spacial score (nSPS) is 33.0. The van der Waals surface area contributed by atoms with Crippen LogP contribution >= 0.6 is 0 Å². The Hall–Kier alpha value is -1.85. The van der Waals surface area contributed by atoms with Gasteiger partial charge in [-0.1, -0.05) is 5.16 Å². The Labute approximate surface area is 134 Å². The van der Waals surface area contributed by atoms with Gasteiger partial charge in [-0.05, 0) is 49.9 Å². The van der Waals surface area contributed by atoms with Crippen LogP contribution < -0.4 is 5.32 Å². The molecule has 1 N–H and O–H groups in total. The van der Waals surface area contributed by atoms with Gasteiger partial charge in [0.15, 0.2) is 0 Å². The average Bonchev–Trinajstić information content (AvgIpc) is 3.03. The second-order valence-electron chi connectivity index (χ2n) is 7.24. The zero-order valence-electron chi connectivity index (χ0n) is 13.5. The van der Waals surface area contributed by atoms with E-state index in [9.17, 15) is 9.59 Å². The van der Waals surface area contributed by atoms with E-state index in [0.29, 0.717) is 24.1 Å². The lowest BCUT2D eigenvalue weighted by atomic mass is 9.78. The number of aryl methyl sites for hydroxylation is 1. The highest BCUT2D eigenvalue weighted by Gasteiger charge is 2.71. The molecule has 124 valence electrons. The van der Waals surface area contributed by atoms with Crippen LogP contribution in [0.4, 0.5) is 0 Å². The van der Waals surface area contributed by atoms with Gasteiger partial charge in [0.05, 0.1) is 25.5 Å². The van der Waals surface area contributed by atoms with Gasteiger partial charge in [-0.25, -0.2) is 0 Å². The van der Waals surface area contributed by atoms with E-state index in [-0.39, 0.29) is 29.1 Å². The van der Waals surface area contributed by atoms with Gasteiger partial charge in [-0.3, -0.25) is 9.59 Å². The van der Waals surface area contributed by atoms with Crippen LogP contribution in [-0.4, -0.2) is 24.1 Å². The summed E-state index contributed by atoms with van der Waals surface area (Å²) in [5.74, 6) is 0.580. The molecule has 0 unspecified atom stereocenters. The van der Waals surface area contributed by atoms with E-state index in [1.807, 2.05) is 6.92 Å². The molecule has 3 aliphatic rings. The lowest BCUT2D eigenvalue weighted by molar-refractivity contribution is -0.152. The van der Waals surface area contributed by atoms with Gasteiger partial charge in [0, 0.05) is 6.07 Å². The summed E-state index contributed by atoms with van der Waals surface area (Å²) in [5.41, 5.74) is 0.945. The van der Waals surface area contributed by atoms with Crippen molar-refractivity contribution in [3.63, 3.8) is 0 Å². The molecule has 6 nitrogen and oxygen atoms in total. The monoisotopic (exact) mass is 318 g/mol. The fraction of sp³-hybridized carbons (Fsp3) is 0.706. The number of carbonyl (C=O) groups is 2. The van der Waals surface area contributed by atoms with Crippen LogP contribution in [0.15, 0.2) is 10.6 Å². The SMILES string of the molecule is COC(=O)[C@H]1[C@H](C(=O)NCc2cc(C)on2)[C@@H]2CC[C@H]1C21CC1. The third-order valence-electron chi connectivity index (χ3n) is 6.24. The Morgan fingerprint density at radius 3 is 2.61 bits per heavy atom. The zero-order valence-corrected chi connectivity index (χ0v) is 13.5. The Morgan fingerprint density at radius 1 is 1.35 bits per heavy atom. The van der Waals surface area contributed by atoms with E-state index in [0.717, 1.165) is 31.4 Å². The highest BCUT2D eigenvalue weighted by molar-refractivity contribution is 5.87. The smallest absolute Gasteiger partial charge is 0.309 e. The molecule has 23 heavy (non-hydrogen) atoms. The van der Waals surface area contributed by atoms with Crippen LogP contribution in [0.1, 0.15) is 37.1 Å². The summed E-state index contributed by atoms with van der Waals surface area (Å²) >= 11 is 0. The molecule has 1 heterocycles. The molecule has 0 aliphatic heterocycles. The molecule has 4 atom stereocenters. The van der Waals surface area contributed by atoms with Crippen LogP contribution in [0.5, 0.6) is 0 Å². The molecule has 3 saturated carbocycles. The van der Waals surface area contributed by atoms with Crippen molar-refractivity contribution in [2.45, 2.75) is 39.2 Å². The number of rotatable bonds is 4. The van der Waals surface area contributed by atoms with Crippen molar-refractivity contribution >= 4 is 11.9 Å². The third kappa shape index (κ3) is 2.11. The summed E-state index contributed by atoms with van der Waals surface area (Å²) in [4.78, 5) is 25.1. The van der Waals surface area contributed by atoms with Gasteiger partial charge < -0.3 is 14.6 Å². The second-order valence-corrected chi connectivity index (χ2v) is 7.24. The van der Waals surface area contributed by atoms with Crippen molar-refractivity contribution in [1.82, 2.24) is 10.5 Å². The first kappa shape index (κ1) is 14.7. The Balaban J connectivity index is 1.51. The van der Waals surface area contributed by atoms with Gasteiger partial charge in [0.1, 0.15) is 11.5 Å². The minimum Gasteiger partial charge on any atom is -0.469 e. The molecule has 2 bridgehead atoms. The number of methoxy groups -OCH3 is 1. The minimum absolute atomic E-state index is 0.0421. The quantitative estimate of drug-likeness (QED) is 0.857. The van der Waals surface area contributed by atoms with E-state index in [1.54, 1.807) is 6.07 Å². The van der Waals surface area contributed by atoms with E-state index < -0.39 is 0 Å². The molecule has 0 saturated heterocycles. The molecule has 1 aromatic heterocycles. The Morgan fingerprint density at radius 2 is 2.04 bits per heavy atom. The lowest BCUT2D eigenvalue weighted by Crippen LogP contribution is -2.41. The maximum atomic E-state index is 12.8. The van der Waals surface area contributed by atoms with Gasteiger partial charge >= 0.3 is 5.97 Å². The van der Waals surface area contributed by atoms with Crippen LogP contribution in [-0.2, 0) is 20.9 Å². The largest absolute Gasteiger partial charge is 0.469 e. The molecular formula is C17H22N2O4. The number of carbonyl (C=O) groups excluding carboxylic acids is 2. The highest BCUT2D eigenvalue weighted by atomic mass is 16.5. The van der Waals surface area contributed by atoms with Crippen molar-refractivity contribution in [3.05, 3.63) is 17.5 Å². The van der Waals surface area contributed by atoms with Crippen LogP contribution in [0.2, 0.25) is 0 Å².